The van der Waals surface area contributed by atoms with Gasteiger partial charge in [0.2, 0.25) is 0 Å². The molecule has 0 unspecified atom stereocenters. The van der Waals surface area contributed by atoms with Gasteiger partial charge in [0.25, 0.3) is 0 Å². The fraction of sp³-hybridized carbons (Fsp3) is 0.600. The molecular weight excluding hydrogens is 279 g/mol. The van der Waals surface area contributed by atoms with Gasteiger partial charge in [0.15, 0.2) is 0 Å². The van der Waals surface area contributed by atoms with E-state index >= 15 is 0 Å². The molecule has 1 aromatic carbocycles. The van der Waals surface area contributed by atoms with Crippen LogP contribution in [-0.2, 0) is 4.74 Å². The summed E-state index contributed by atoms with van der Waals surface area (Å²) in [5, 5.41) is 4.17. The lowest BCUT2D eigenvalue weighted by atomic mass is 9.97. The molecule has 2 fully saturated rings. The first-order valence-electron chi connectivity index (χ1n) is 7.17. The minimum Gasteiger partial charge on any atom is -0.379 e. The second-order valence-corrected chi connectivity index (χ2v) is 5.94. The van der Waals surface area contributed by atoms with Gasteiger partial charge in [-0.15, -0.1) is 0 Å². The van der Waals surface area contributed by atoms with E-state index in [0.29, 0.717) is 11.1 Å². The van der Waals surface area contributed by atoms with Gasteiger partial charge in [0, 0.05) is 30.2 Å². The second-order valence-electron chi connectivity index (χ2n) is 5.56. The van der Waals surface area contributed by atoms with Crippen molar-refractivity contribution in [3.63, 3.8) is 0 Å². The van der Waals surface area contributed by atoms with Crippen LogP contribution in [0.5, 0.6) is 0 Å². The predicted octanol–water partition coefficient (Wildman–Crippen LogP) is 2.52. The molecule has 2 aliphatic rings. The number of ether oxygens (including phenoxy) is 1. The Morgan fingerprint density at radius 1 is 1.35 bits per heavy atom. The summed E-state index contributed by atoms with van der Waals surface area (Å²) < 4.78 is 19.1. The zero-order valence-electron chi connectivity index (χ0n) is 11.7. The molecule has 20 heavy (non-hydrogen) atoms. The third-order valence-electron chi connectivity index (χ3n) is 4.29. The molecule has 3 nitrogen and oxygen atoms in total. The summed E-state index contributed by atoms with van der Waals surface area (Å²) in [6, 6.07) is 3.55. The first-order chi connectivity index (χ1) is 9.66. The van der Waals surface area contributed by atoms with Crippen molar-refractivity contribution in [2.45, 2.75) is 25.4 Å². The number of halogens is 2. The van der Waals surface area contributed by atoms with Gasteiger partial charge in [0.1, 0.15) is 5.82 Å². The molecular formula is C15H20ClFN2O. The Hall–Kier alpha value is -0.680. The first-order valence-corrected chi connectivity index (χ1v) is 7.55. The molecule has 2 aliphatic heterocycles. The number of hydrogen-bond donors (Lipinski definition) is 1. The standard InChI is InChI=1S/C15H20ClFN2O/c1-10-8-11(17)9-12(14(10)16)15-13(2-3-18-15)19-4-6-20-7-5-19/h8-9,13,15,18H,2-7H2,1H3/t13-,15-/m0/s1. The SMILES string of the molecule is Cc1cc(F)cc([C@@H]2NCC[C@@H]2N2CCOCC2)c1Cl. The van der Waals surface area contributed by atoms with Crippen LogP contribution in [0.3, 0.4) is 0 Å². The van der Waals surface area contributed by atoms with Gasteiger partial charge in [-0.05, 0) is 43.1 Å². The molecule has 2 saturated heterocycles. The van der Waals surface area contributed by atoms with Crippen LogP contribution in [0.25, 0.3) is 0 Å². The van der Waals surface area contributed by atoms with E-state index in [1.165, 1.54) is 6.07 Å². The summed E-state index contributed by atoms with van der Waals surface area (Å²) in [5.74, 6) is -0.212. The summed E-state index contributed by atoms with van der Waals surface area (Å²) >= 11 is 6.40. The minimum atomic E-state index is -0.212. The number of hydrogen-bond acceptors (Lipinski definition) is 3. The molecule has 0 aliphatic carbocycles. The van der Waals surface area contributed by atoms with Crippen LogP contribution in [-0.4, -0.2) is 43.8 Å². The van der Waals surface area contributed by atoms with Gasteiger partial charge in [-0.25, -0.2) is 4.39 Å². The molecule has 0 spiro atoms. The maximum absolute atomic E-state index is 13.7. The highest BCUT2D eigenvalue weighted by Crippen LogP contribution is 2.34. The Bertz CT molecular complexity index is 491. The van der Waals surface area contributed by atoms with Crippen molar-refractivity contribution < 1.29 is 9.13 Å². The maximum Gasteiger partial charge on any atom is 0.123 e. The summed E-state index contributed by atoms with van der Waals surface area (Å²) in [7, 11) is 0. The minimum absolute atomic E-state index is 0.106. The molecule has 5 heteroatoms. The third kappa shape index (κ3) is 2.70. The van der Waals surface area contributed by atoms with E-state index in [-0.39, 0.29) is 11.9 Å². The van der Waals surface area contributed by atoms with E-state index in [4.69, 9.17) is 16.3 Å². The molecule has 2 heterocycles. The Kier molecular flexibility index (Phi) is 4.26. The summed E-state index contributed by atoms with van der Waals surface area (Å²) in [4.78, 5) is 2.44. The molecule has 110 valence electrons. The van der Waals surface area contributed by atoms with E-state index in [1.807, 2.05) is 6.92 Å². The van der Waals surface area contributed by atoms with Crippen LogP contribution in [0.4, 0.5) is 4.39 Å². The van der Waals surface area contributed by atoms with Gasteiger partial charge in [-0.1, -0.05) is 11.6 Å². The van der Waals surface area contributed by atoms with Crippen molar-refractivity contribution >= 4 is 11.6 Å². The number of morpholine rings is 1. The van der Waals surface area contributed by atoms with Crippen molar-refractivity contribution in [2.75, 3.05) is 32.8 Å². The zero-order valence-corrected chi connectivity index (χ0v) is 12.4. The lowest BCUT2D eigenvalue weighted by Gasteiger charge is -2.35. The van der Waals surface area contributed by atoms with Crippen LogP contribution in [0, 0.1) is 12.7 Å². The Morgan fingerprint density at radius 3 is 2.85 bits per heavy atom. The van der Waals surface area contributed by atoms with Crippen LogP contribution >= 0.6 is 11.6 Å². The Labute approximate surface area is 124 Å². The third-order valence-corrected chi connectivity index (χ3v) is 4.80. The van der Waals surface area contributed by atoms with Gasteiger partial charge < -0.3 is 10.1 Å². The molecule has 3 rings (SSSR count). The molecule has 0 radical (unpaired) electrons. The predicted molar refractivity (Wildman–Crippen MR) is 77.7 cm³/mol. The van der Waals surface area contributed by atoms with Crippen molar-refractivity contribution in [1.29, 1.82) is 0 Å². The maximum atomic E-state index is 13.7. The average molecular weight is 299 g/mol. The summed E-state index contributed by atoms with van der Waals surface area (Å²) in [6.45, 7) is 6.23. The fourth-order valence-corrected chi connectivity index (χ4v) is 3.51. The molecule has 0 amide bonds. The number of nitrogens with zero attached hydrogens (tertiary/aromatic N) is 1. The number of benzene rings is 1. The van der Waals surface area contributed by atoms with Crippen molar-refractivity contribution in [3.05, 3.63) is 34.1 Å². The van der Waals surface area contributed by atoms with Gasteiger partial charge in [-0.2, -0.15) is 0 Å². The molecule has 0 saturated carbocycles. The van der Waals surface area contributed by atoms with E-state index < -0.39 is 0 Å². The summed E-state index contributed by atoms with van der Waals surface area (Å²) in [5.41, 5.74) is 1.69. The average Bonchev–Trinajstić information content (AvgIpc) is 2.93. The van der Waals surface area contributed by atoms with Gasteiger partial charge in [-0.3, -0.25) is 4.90 Å². The van der Waals surface area contributed by atoms with Gasteiger partial charge in [0.05, 0.1) is 13.2 Å². The smallest absolute Gasteiger partial charge is 0.123 e. The van der Waals surface area contributed by atoms with Gasteiger partial charge >= 0.3 is 0 Å². The topological polar surface area (TPSA) is 24.5 Å². The first kappa shape index (κ1) is 14.3. The highest BCUT2D eigenvalue weighted by atomic mass is 35.5. The normalized spacial score (nSPS) is 27.9. The van der Waals surface area contributed by atoms with E-state index in [2.05, 4.69) is 10.2 Å². The molecule has 2 atom stereocenters. The number of aryl methyl sites for hydroxylation is 1. The monoisotopic (exact) mass is 298 g/mol. The van der Waals surface area contributed by atoms with E-state index in [9.17, 15) is 4.39 Å². The van der Waals surface area contributed by atoms with Crippen molar-refractivity contribution in [2.24, 2.45) is 0 Å². The lowest BCUT2D eigenvalue weighted by molar-refractivity contribution is 0.0139. The van der Waals surface area contributed by atoms with Crippen LogP contribution < -0.4 is 5.32 Å². The van der Waals surface area contributed by atoms with Crippen molar-refractivity contribution in [3.8, 4) is 0 Å². The molecule has 0 aromatic heterocycles. The zero-order chi connectivity index (χ0) is 14.1. The Balaban J connectivity index is 1.88. The largest absolute Gasteiger partial charge is 0.379 e. The molecule has 0 bridgehead atoms. The van der Waals surface area contributed by atoms with Crippen LogP contribution in [0.15, 0.2) is 12.1 Å². The number of rotatable bonds is 2. The molecule has 1 N–H and O–H groups in total. The lowest BCUT2D eigenvalue weighted by Crippen LogP contribution is -2.45. The van der Waals surface area contributed by atoms with E-state index in [1.54, 1.807) is 6.07 Å². The fourth-order valence-electron chi connectivity index (χ4n) is 3.29. The van der Waals surface area contributed by atoms with Crippen LogP contribution in [0.2, 0.25) is 5.02 Å². The highest BCUT2D eigenvalue weighted by Gasteiger charge is 2.35. The second kappa shape index (κ2) is 5.98. The highest BCUT2D eigenvalue weighted by molar-refractivity contribution is 6.32. The van der Waals surface area contributed by atoms with Crippen molar-refractivity contribution in [1.82, 2.24) is 10.2 Å². The van der Waals surface area contributed by atoms with Crippen LogP contribution in [0.1, 0.15) is 23.6 Å². The number of nitrogens with one attached hydrogen (secondary N) is 1. The quantitative estimate of drug-likeness (QED) is 0.908. The molecule has 1 aromatic rings. The van der Waals surface area contributed by atoms with E-state index in [0.717, 1.165) is 50.4 Å². The summed E-state index contributed by atoms with van der Waals surface area (Å²) in [6.07, 6.45) is 1.07. The Morgan fingerprint density at radius 2 is 2.10 bits per heavy atom.